The summed E-state index contributed by atoms with van der Waals surface area (Å²) in [7, 11) is 0. The molecule has 1 heterocycles. The van der Waals surface area contributed by atoms with Crippen molar-refractivity contribution in [3.63, 3.8) is 0 Å². The van der Waals surface area contributed by atoms with Gasteiger partial charge in [-0.1, -0.05) is 0 Å². The average molecular weight is 229 g/mol. The molecule has 0 aliphatic carbocycles. The summed E-state index contributed by atoms with van der Waals surface area (Å²) in [5.41, 5.74) is 6.06. The van der Waals surface area contributed by atoms with Crippen LogP contribution in [-0.4, -0.2) is 25.8 Å². The van der Waals surface area contributed by atoms with Gasteiger partial charge in [0.15, 0.2) is 0 Å². The summed E-state index contributed by atoms with van der Waals surface area (Å²) in [5.74, 6) is -0.348. The van der Waals surface area contributed by atoms with E-state index in [1.807, 2.05) is 6.92 Å². The van der Waals surface area contributed by atoms with Crippen molar-refractivity contribution in [2.45, 2.75) is 13.3 Å². The van der Waals surface area contributed by atoms with Gasteiger partial charge in [0.1, 0.15) is 4.88 Å². The Balaban J connectivity index is 2.22. The molecule has 2 N–H and O–H groups in total. The molecule has 0 aliphatic heterocycles. The first-order valence-electron chi connectivity index (χ1n) is 4.83. The Morgan fingerprint density at radius 1 is 1.53 bits per heavy atom. The maximum absolute atomic E-state index is 11.4. The fraction of sp³-hybridized carbons (Fsp3) is 0.500. The summed E-state index contributed by atoms with van der Waals surface area (Å²) >= 11 is 1.30. The minimum Gasteiger partial charge on any atom is -0.461 e. The SMILES string of the molecule is CCOCCCOC(=O)c1sccc1N. The van der Waals surface area contributed by atoms with Gasteiger partial charge in [0.2, 0.25) is 0 Å². The molecule has 1 aromatic heterocycles. The molecule has 5 heteroatoms. The molecule has 1 rings (SSSR count). The molecule has 0 aliphatic rings. The highest BCUT2D eigenvalue weighted by Crippen LogP contribution is 2.19. The van der Waals surface area contributed by atoms with E-state index < -0.39 is 0 Å². The summed E-state index contributed by atoms with van der Waals surface area (Å²) in [5, 5.41) is 1.77. The zero-order valence-corrected chi connectivity index (χ0v) is 9.51. The van der Waals surface area contributed by atoms with Gasteiger partial charge in [-0.3, -0.25) is 0 Å². The molecule has 0 unspecified atom stereocenters. The zero-order valence-electron chi connectivity index (χ0n) is 8.69. The Bertz CT molecular complexity index is 311. The van der Waals surface area contributed by atoms with Gasteiger partial charge in [-0.2, -0.15) is 0 Å². The quantitative estimate of drug-likeness (QED) is 0.598. The molecule has 0 aromatic carbocycles. The second-order valence-corrected chi connectivity index (χ2v) is 3.81. The Labute approximate surface area is 93.0 Å². The van der Waals surface area contributed by atoms with E-state index in [0.717, 1.165) is 0 Å². The topological polar surface area (TPSA) is 61.5 Å². The normalized spacial score (nSPS) is 10.2. The van der Waals surface area contributed by atoms with Crippen LogP contribution in [0.4, 0.5) is 5.69 Å². The van der Waals surface area contributed by atoms with E-state index in [1.165, 1.54) is 11.3 Å². The van der Waals surface area contributed by atoms with E-state index in [4.69, 9.17) is 15.2 Å². The van der Waals surface area contributed by atoms with Crippen LogP contribution in [0.15, 0.2) is 11.4 Å². The first-order valence-corrected chi connectivity index (χ1v) is 5.71. The van der Waals surface area contributed by atoms with Gasteiger partial charge in [-0.15, -0.1) is 11.3 Å². The lowest BCUT2D eigenvalue weighted by Gasteiger charge is -2.03. The maximum Gasteiger partial charge on any atom is 0.350 e. The maximum atomic E-state index is 11.4. The number of carbonyl (C=O) groups is 1. The summed E-state index contributed by atoms with van der Waals surface area (Å²) in [4.78, 5) is 11.9. The summed E-state index contributed by atoms with van der Waals surface area (Å²) in [6.07, 6.45) is 0.713. The van der Waals surface area contributed by atoms with Gasteiger partial charge in [-0.05, 0) is 18.4 Å². The van der Waals surface area contributed by atoms with Crippen LogP contribution in [0.1, 0.15) is 23.0 Å². The Hall–Kier alpha value is -1.07. The number of nitrogen functional groups attached to an aromatic ring is 1. The number of hydrogen-bond donors (Lipinski definition) is 1. The molecule has 0 fully saturated rings. The lowest BCUT2D eigenvalue weighted by molar-refractivity contribution is 0.0459. The highest BCUT2D eigenvalue weighted by Gasteiger charge is 2.11. The minimum absolute atomic E-state index is 0.348. The number of anilines is 1. The van der Waals surface area contributed by atoms with Gasteiger partial charge < -0.3 is 15.2 Å². The fourth-order valence-corrected chi connectivity index (χ4v) is 1.73. The first kappa shape index (κ1) is 12.0. The number of esters is 1. The van der Waals surface area contributed by atoms with Crippen LogP contribution < -0.4 is 5.73 Å². The van der Waals surface area contributed by atoms with Gasteiger partial charge >= 0.3 is 5.97 Å². The number of rotatable bonds is 6. The van der Waals surface area contributed by atoms with Crippen molar-refractivity contribution in [2.24, 2.45) is 0 Å². The zero-order chi connectivity index (χ0) is 11.1. The van der Waals surface area contributed by atoms with Crippen molar-refractivity contribution < 1.29 is 14.3 Å². The molecule has 0 saturated carbocycles. The van der Waals surface area contributed by atoms with E-state index in [-0.39, 0.29) is 5.97 Å². The minimum atomic E-state index is -0.348. The molecule has 0 bridgehead atoms. The average Bonchev–Trinajstić information content (AvgIpc) is 2.64. The molecule has 0 radical (unpaired) electrons. The van der Waals surface area contributed by atoms with Crippen LogP contribution in [0.3, 0.4) is 0 Å². The van der Waals surface area contributed by atoms with Crippen molar-refractivity contribution in [3.8, 4) is 0 Å². The highest BCUT2D eigenvalue weighted by atomic mass is 32.1. The molecule has 15 heavy (non-hydrogen) atoms. The summed E-state index contributed by atoms with van der Waals surface area (Å²) in [6, 6.07) is 1.70. The smallest absolute Gasteiger partial charge is 0.350 e. The standard InChI is InChI=1S/C10H15NO3S/c1-2-13-5-3-6-14-10(12)9-8(11)4-7-15-9/h4,7H,2-3,5-6,11H2,1H3. The van der Waals surface area contributed by atoms with Gasteiger partial charge in [0.05, 0.1) is 12.3 Å². The van der Waals surface area contributed by atoms with Crippen molar-refractivity contribution in [1.82, 2.24) is 0 Å². The molecule has 4 nitrogen and oxygen atoms in total. The van der Waals surface area contributed by atoms with Crippen LogP contribution in [0.25, 0.3) is 0 Å². The number of ether oxygens (including phenoxy) is 2. The van der Waals surface area contributed by atoms with Crippen LogP contribution in [-0.2, 0) is 9.47 Å². The Kier molecular flexibility index (Phi) is 5.14. The van der Waals surface area contributed by atoms with E-state index in [2.05, 4.69) is 0 Å². The van der Waals surface area contributed by atoms with E-state index in [0.29, 0.717) is 36.8 Å². The summed E-state index contributed by atoms with van der Waals surface area (Å²) in [6.45, 7) is 3.60. The molecule has 0 spiro atoms. The number of nitrogens with two attached hydrogens (primary N) is 1. The molecular weight excluding hydrogens is 214 g/mol. The van der Waals surface area contributed by atoms with Crippen molar-refractivity contribution in [3.05, 3.63) is 16.3 Å². The van der Waals surface area contributed by atoms with Gasteiger partial charge in [0.25, 0.3) is 0 Å². The second-order valence-electron chi connectivity index (χ2n) is 2.89. The van der Waals surface area contributed by atoms with E-state index in [9.17, 15) is 4.79 Å². The number of hydrogen-bond acceptors (Lipinski definition) is 5. The second kappa shape index (κ2) is 6.42. The van der Waals surface area contributed by atoms with Crippen molar-refractivity contribution in [2.75, 3.05) is 25.6 Å². The molecule has 0 saturated heterocycles. The van der Waals surface area contributed by atoms with Crippen molar-refractivity contribution >= 4 is 23.0 Å². The lowest BCUT2D eigenvalue weighted by Crippen LogP contribution is -2.08. The summed E-state index contributed by atoms with van der Waals surface area (Å²) < 4.78 is 10.1. The van der Waals surface area contributed by atoms with Crippen molar-refractivity contribution in [1.29, 1.82) is 0 Å². The van der Waals surface area contributed by atoms with Crippen LogP contribution in [0, 0.1) is 0 Å². The van der Waals surface area contributed by atoms with E-state index in [1.54, 1.807) is 11.4 Å². The Morgan fingerprint density at radius 3 is 2.93 bits per heavy atom. The number of thiophene rings is 1. The predicted molar refractivity (Wildman–Crippen MR) is 60.1 cm³/mol. The molecule has 0 amide bonds. The predicted octanol–water partition coefficient (Wildman–Crippen LogP) is 1.91. The molecule has 84 valence electrons. The molecule has 1 aromatic rings. The third-order valence-corrected chi connectivity index (χ3v) is 2.66. The highest BCUT2D eigenvalue weighted by molar-refractivity contribution is 7.12. The van der Waals surface area contributed by atoms with Crippen LogP contribution in [0.2, 0.25) is 0 Å². The number of carbonyl (C=O) groups excluding carboxylic acids is 1. The van der Waals surface area contributed by atoms with Gasteiger partial charge in [0, 0.05) is 19.6 Å². The largest absolute Gasteiger partial charge is 0.461 e. The third kappa shape index (κ3) is 3.89. The molecular formula is C10H15NO3S. The third-order valence-electron chi connectivity index (χ3n) is 1.75. The fourth-order valence-electron chi connectivity index (χ4n) is 1.02. The monoisotopic (exact) mass is 229 g/mol. The lowest BCUT2D eigenvalue weighted by atomic mass is 10.4. The van der Waals surface area contributed by atoms with Gasteiger partial charge in [-0.25, -0.2) is 4.79 Å². The van der Waals surface area contributed by atoms with Crippen LogP contribution >= 0.6 is 11.3 Å². The van der Waals surface area contributed by atoms with E-state index >= 15 is 0 Å². The Morgan fingerprint density at radius 2 is 2.33 bits per heavy atom. The first-order chi connectivity index (χ1) is 7.25. The van der Waals surface area contributed by atoms with Crippen LogP contribution in [0.5, 0.6) is 0 Å². The molecule has 0 atom stereocenters.